The molecule has 6 rings (SSSR count). The normalized spacial score (nSPS) is 35.3. The summed E-state index contributed by atoms with van der Waals surface area (Å²) in [5, 5.41) is 25.2. The van der Waals surface area contributed by atoms with Crippen molar-refractivity contribution < 1.29 is 38.7 Å². The van der Waals surface area contributed by atoms with Crippen molar-refractivity contribution in [3.05, 3.63) is 72.3 Å². The largest absolute Gasteiger partial charge is 0.490 e. The predicted octanol–water partition coefficient (Wildman–Crippen LogP) is 2.73. The Labute approximate surface area is 251 Å². The van der Waals surface area contributed by atoms with Gasteiger partial charge < -0.3 is 34.5 Å². The predicted molar refractivity (Wildman–Crippen MR) is 158 cm³/mol. The van der Waals surface area contributed by atoms with Gasteiger partial charge in [0.25, 0.3) is 0 Å². The number of ketones is 1. The van der Waals surface area contributed by atoms with E-state index in [0.717, 1.165) is 17.5 Å². The summed E-state index contributed by atoms with van der Waals surface area (Å²) in [6, 6.07) is 15.0. The molecule has 3 N–H and O–H groups in total. The van der Waals surface area contributed by atoms with E-state index in [1.807, 2.05) is 67.4 Å². The first-order chi connectivity index (χ1) is 20.8. The molecule has 10 nitrogen and oxygen atoms in total. The zero-order chi connectivity index (χ0) is 30.3. The molecule has 230 valence electrons. The number of rotatable bonds is 9. The fourth-order valence-electron chi connectivity index (χ4n) is 7.36. The second-order valence-electron chi connectivity index (χ2n) is 11.9. The Morgan fingerprint density at radius 3 is 2.67 bits per heavy atom. The van der Waals surface area contributed by atoms with Crippen LogP contribution in [-0.2, 0) is 29.3 Å². The molecule has 3 fully saturated rings. The summed E-state index contributed by atoms with van der Waals surface area (Å²) in [4.78, 5) is 30.4. The van der Waals surface area contributed by atoms with Gasteiger partial charge >= 0.3 is 0 Å². The van der Waals surface area contributed by atoms with E-state index in [0.29, 0.717) is 31.0 Å². The number of hydrogen-bond acceptors (Lipinski definition) is 9. The molecule has 0 bridgehead atoms. The van der Waals surface area contributed by atoms with Crippen LogP contribution >= 0.6 is 0 Å². The van der Waals surface area contributed by atoms with E-state index in [2.05, 4.69) is 11.9 Å². The van der Waals surface area contributed by atoms with Crippen LogP contribution in [0.15, 0.2) is 61.2 Å². The summed E-state index contributed by atoms with van der Waals surface area (Å²) in [5.41, 5.74) is 1.07. The number of carbonyl (C=O) groups excluding carboxylic acids is 2. The average Bonchev–Trinajstić information content (AvgIpc) is 3.49. The maximum absolute atomic E-state index is 14.5. The first-order valence-corrected chi connectivity index (χ1v) is 15.1. The van der Waals surface area contributed by atoms with Gasteiger partial charge in [-0.3, -0.25) is 14.5 Å². The highest BCUT2D eigenvalue weighted by Gasteiger charge is 2.64. The lowest BCUT2D eigenvalue weighted by Crippen LogP contribution is -2.63. The fraction of sp³-hybridized carbons (Fsp3) is 0.515. The van der Waals surface area contributed by atoms with Crippen molar-refractivity contribution in [3.8, 4) is 5.75 Å². The van der Waals surface area contributed by atoms with Crippen LogP contribution in [0.5, 0.6) is 5.75 Å². The minimum Gasteiger partial charge on any atom is -0.490 e. The quantitative estimate of drug-likeness (QED) is 0.377. The number of ether oxygens (including phenoxy) is 4. The van der Waals surface area contributed by atoms with Gasteiger partial charge in [0, 0.05) is 30.1 Å². The molecule has 1 amide bonds. The number of hydrogen-bond donors (Lipinski definition) is 3. The number of nitrogens with one attached hydrogen (secondary N) is 1. The Hall–Kier alpha value is -3.12. The lowest BCUT2D eigenvalue weighted by Gasteiger charge is -2.47. The molecule has 10 heteroatoms. The monoisotopic (exact) mass is 592 g/mol. The maximum atomic E-state index is 14.5. The van der Waals surface area contributed by atoms with Crippen LogP contribution in [0.25, 0.3) is 0 Å². The number of amides is 1. The van der Waals surface area contributed by atoms with Crippen molar-refractivity contribution in [2.45, 2.75) is 74.5 Å². The van der Waals surface area contributed by atoms with E-state index in [9.17, 15) is 19.8 Å². The number of aliphatic hydroxyl groups is 2. The number of likely N-dealkylation sites (tertiary alicyclic amines) is 1. The Morgan fingerprint density at radius 1 is 1.16 bits per heavy atom. The van der Waals surface area contributed by atoms with E-state index >= 15 is 0 Å². The van der Waals surface area contributed by atoms with Gasteiger partial charge in [0.05, 0.1) is 18.6 Å². The third-order valence-corrected chi connectivity index (χ3v) is 9.35. The molecule has 0 aromatic heterocycles. The molecule has 0 aliphatic carbocycles. The van der Waals surface area contributed by atoms with Gasteiger partial charge in [-0.15, -0.1) is 0 Å². The first-order valence-electron chi connectivity index (χ1n) is 15.1. The number of carbonyl (C=O) groups is 2. The van der Waals surface area contributed by atoms with Crippen LogP contribution in [0, 0.1) is 5.92 Å². The van der Waals surface area contributed by atoms with Gasteiger partial charge in [-0.1, -0.05) is 56.3 Å². The minimum atomic E-state index is -1.34. The van der Waals surface area contributed by atoms with Gasteiger partial charge in [0.2, 0.25) is 5.91 Å². The third-order valence-electron chi connectivity index (χ3n) is 9.35. The van der Waals surface area contributed by atoms with Gasteiger partial charge in [0.1, 0.15) is 48.1 Å². The Bertz CT molecular complexity index is 1350. The number of Topliss-reactive ketones (excluding diaryl/α,β-unsaturated/α-hetero) is 1. The molecule has 2 aromatic carbocycles. The molecular formula is C33H40N2O8. The van der Waals surface area contributed by atoms with E-state index in [1.54, 1.807) is 6.08 Å². The molecule has 43 heavy (non-hydrogen) atoms. The minimum absolute atomic E-state index is 0.188. The molecule has 0 radical (unpaired) electrons. The lowest BCUT2D eigenvalue weighted by molar-refractivity contribution is -0.325. The van der Waals surface area contributed by atoms with E-state index in [-0.39, 0.29) is 30.6 Å². The van der Waals surface area contributed by atoms with E-state index in [1.165, 1.54) is 0 Å². The summed E-state index contributed by atoms with van der Waals surface area (Å²) in [6.07, 6.45) is -2.43. The smallest absolute Gasteiger partial charge is 0.250 e. The molecule has 2 aromatic rings. The Kier molecular flexibility index (Phi) is 8.43. The maximum Gasteiger partial charge on any atom is 0.250 e. The highest BCUT2D eigenvalue weighted by Crippen LogP contribution is 2.55. The molecule has 4 heterocycles. The number of benzene rings is 2. The topological polar surface area (TPSA) is 127 Å². The van der Waals surface area contributed by atoms with Crippen LogP contribution in [0.4, 0.5) is 5.69 Å². The Balaban J connectivity index is 1.32. The van der Waals surface area contributed by atoms with Crippen molar-refractivity contribution in [3.63, 3.8) is 0 Å². The van der Waals surface area contributed by atoms with Gasteiger partial charge in [0.15, 0.2) is 6.29 Å². The summed E-state index contributed by atoms with van der Waals surface area (Å²) >= 11 is 0. The molecule has 9 atom stereocenters. The average molecular weight is 593 g/mol. The molecule has 4 aliphatic heterocycles. The van der Waals surface area contributed by atoms with Crippen molar-refractivity contribution in [2.24, 2.45) is 5.92 Å². The standard InChI is InChI=1S/C33H40N2O8/c1-4-8-27-41-18-26-31(43-27)30(38)29(37)25(42-26)16-24(36)28-21(19-11-13-20(14-12-19)40-15-5-2)17-35(3)33(28)22-9-6-7-10-23(22)34-32(33)39/h5-7,9-14,21,25-31,37-38H,2,4,8,15-18H2,1,3H3,(H,34,39)/t21-,25+,26?,27?,28+,29?,30?,31-,33-/m1/s1. The number of para-hydroxylation sites is 1. The molecule has 0 saturated carbocycles. The summed E-state index contributed by atoms with van der Waals surface area (Å²) in [6.45, 7) is 6.72. The zero-order valence-corrected chi connectivity index (χ0v) is 24.6. The highest BCUT2D eigenvalue weighted by atomic mass is 16.7. The van der Waals surface area contributed by atoms with Crippen molar-refractivity contribution in [1.82, 2.24) is 4.90 Å². The molecule has 1 spiro atoms. The number of nitrogens with zero attached hydrogens (tertiary/aromatic N) is 1. The summed E-state index contributed by atoms with van der Waals surface area (Å²) < 4.78 is 23.5. The second kappa shape index (κ2) is 12.1. The summed E-state index contributed by atoms with van der Waals surface area (Å²) in [5.74, 6) is -0.942. The van der Waals surface area contributed by atoms with Gasteiger partial charge in [-0.25, -0.2) is 0 Å². The zero-order valence-electron chi connectivity index (χ0n) is 24.6. The molecule has 4 aliphatic rings. The van der Waals surface area contributed by atoms with Crippen LogP contribution in [-0.4, -0.2) is 90.4 Å². The molecule has 3 saturated heterocycles. The van der Waals surface area contributed by atoms with Crippen molar-refractivity contribution >= 4 is 17.4 Å². The first kappa shape index (κ1) is 29.9. The Morgan fingerprint density at radius 2 is 1.93 bits per heavy atom. The number of anilines is 1. The highest BCUT2D eigenvalue weighted by molar-refractivity contribution is 6.09. The number of aliphatic hydroxyl groups excluding tert-OH is 2. The number of likely N-dealkylation sites (N-methyl/N-ethyl adjacent to an activating group) is 1. The van der Waals surface area contributed by atoms with E-state index in [4.69, 9.17) is 18.9 Å². The summed E-state index contributed by atoms with van der Waals surface area (Å²) in [7, 11) is 1.87. The van der Waals surface area contributed by atoms with Crippen LogP contribution < -0.4 is 10.1 Å². The fourth-order valence-corrected chi connectivity index (χ4v) is 7.36. The number of fused-ring (bicyclic) bond motifs is 3. The van der Waals surface area contributed by atoms with Crippen LogP contribution in [0.3, 0.4) is 0 Å². The van der Waals surface area contributed by atoms with Crippen LogP contribution in [0.1, 0.15) is 43.2 Å². The SMILES string of the molecule is C=CCOc1ccc([C@H]2CN(C)[C@@]3(C(=O)Nc4ccccc43)[C@@H]2C(=O)C[C@@H]2OC3COC(CCC)O[C@H]3C(O)C2O)cc1. The lowest BCUT2D eigenvalue weighted by atomic mass is 9.70. The van der Waals surface area contributed by atoms with Crippen LogP contribution in [0.2, 0.25) is 0 Å². The molecular weight excluding hydrogens is 552 g/mol. The second-order valence-corrected chi connectivity index (χ2v) is 11.9. The van der Waals surface area contributed by atoms with Gasteiger partial charge in [-0.05, 0) is 37.2 Å². The van der Waals surface area contributed by atoms with Gasteiger partial charge in [-0.2, -0.15) is 0 Å². The molecule has 4 unspecified atom stereocenters. The van der Waals surface area contributed by atoms with E-state index < -0.39 is 48.3 Å². The van der Waals surface area contributed by atoms with Crippen molar-refractivity contribution in [2.75, 3.05) is 32.1 Å². The van der Waals surface area contributed by atoms with Crippen molar-refractivity contribution in [1.29, 1.82) is 0 Å². The third kappa shape index (κ3) is 5.09.